The van der Waals surface area contributed by atoms with Gasteiger partial charge in [-0.3, -0.25) is 4.79 Å². The minimum atomic E-state index is -3.77. The second kappa shape index (κ2) is 11.6. The number of primary amides is 1. The SMILES string of the molecule is C=C(/C=C\C=C/C)[C@H]1CC[C@H](C)N(Cc2ccc(C3(OC(N)=O)CCN(C(C)=O)CC3)cc2F)S1(=O)=O. The van der Waals surface area contributed by atoms with E-state index in [2.05, 4.69) is 6.58 Å². The average Bonchev–Trinajstić information content (AvgIpc) is 2.82. The van der Waals surface area contributed by atoms with Crippen molar-refractivity contribution in [3.8, 4) is 0 Å². The van der Waals surface area contributed by atoms with Gasteiger partial charge in [-0.15, -0.1) is 0 Å². The molecule has 8 nitrogen and oxygen atoms in total. The van der Waals surface area contributed by atoms with Crippen LogP contribution in [0.3, 0.4) is 0 Å². The quantitative estimate of drug-likeness (QED) is 0.530. The fraction of sp³-hybridized carbons (Fsp3) is 0.481. The van der Waals surface area contributed by atoms with Gasteiger partial charge in [0.25, 0.3) is 0 Å². The van der Waals surface area contributed by atoms with Crippen LogP contribution in [0.5, 0.6) is 0 Å². The van der Waals surface area contributed by atoms with Crippen LogP contribution >= 0.6 is 0 Å². The first-order valence-corrected chi connectivity index (χ1v) is 13.9. The van der Waals surface area contributed by atoms with Gasteiger partial charge in [-0.05, 0) is 43.9 Å². The Morgan fingerprint density at radius 3 is 2.49 bits per heavy atom. The molecule has 2 saturated heterocycles. The first kappa shape index (κ1) is 28.6. The van der Waals surface area contributed by atoms with Gasteiger partial charge in [0.05, 0.1) is 0 Å². The van der Waals surface area contributed by atoms with E-state index in [0.717, 1.165) is 0 Å². The molecule has 0 spiro atoms. The van der Waals surface area contributed by atoms with Crippen molar-refractivity contribution >= 4 is 22.0 Å². The number of carbonyl (C=O) groups is 2. The van der Waals surface area contributed by atoms with E-state index in [1.165, 1.54) is 23.4 Å². The van der Waals surface area contributed by atoms with Gasteiger partial charge in [0.1, 0.15) is 16.7 Å². The molecule has 2 N–H and O–H groups in total. The van der Waals surface area contributed by atoms with Crippen molar-refractivity contribution in [3.05, 3.63) is 71.6 Å². The molecule has 0 radical (unpaired) electrons. The molecule has 2 atom stereocenters. The lowest BCUT2D eigenvalue weighted by molar-refractivity contribution is -0.133. The molecule has 202 valence electrons. The maximum atomic E-state index is 15.4. The van der Waals surface area contributed by atoms with E-state index in [0.29, 0.717) is 37.1 Å². The van der Waals surface area contributed by atoms with Crippen LogP contribution in [0.1, 0.15) is 57.6 Å². The third-order valence-corrected chi connectivity index (χ3v) is 9.67. The number of benzene rings is 1. The number of carbonyl (C=O) groups excluding carboxylic acids is 2. The number of rotatable bonds is 7. The number of nitrogens with two attached hydrogens (primary N) is 1. The van der Waals surface area contributed by atoms with Crippen molar-refractivity contribution in [2.45, 2.75) is 69.9 Å². The molecule has 2 fully saturated rings. The summed E-state index contributed by atoms with van der Waals surface area (Å²) in [6.45, 7) is 9.66. The van der Waals surface area contributed by atoms with Crippen molar-refractivity contribution in [2.75, 3.05) is 13.1 Å². The molecule has 37 heavy (non-hydrogen) atoms. The third kappa shape index (κ3) is 6.30. The Balaban J connectivity index is 1.86. The van der Waals surface area contributed by atoms with Crippen LogP contribution in [0.25, 0.3) is 0 Å². The number of halogens is 1. The molecular weight excluding hydrogens is 497 g/mol. The zero-order valence-electron chi connectivity index (χ0n) is 21.7. The van der Waals surface area contributed by atoms with Crippen LogP contribution in [0.4, 0.5) is 9.18 Å². The number of hydrogen-bond donors (Lipinski definition) is 1. The summed E-state index contributed by atoms with van der Waals surface area (Å²) < 4.78 is 49.2. The minimum Gasteiger partial charge on any atom is -0.438 e. The van der Waals surface area contributed by atoms with Crippen LogP contribution in [-0.4, -0.2) is 54.0 Å². The van der Waals surface area contributed by atoms with Gasteiger partial charge in [-0.1, -0.05) is 43.0 Å². The van der Waals surface area contributed by atoms with Gasteiger partial charge in [0.15, 0.2) is 0 Å². The number of allylic oxidation sites excluding steroid dienone is 4. The van der Waals surface area contributed by atoms with Gasteiger partial charge >= 0.3 is 6.09 Å². The number of sulfonamides is 1. The van der Waals surface area contributed by atoms with Gasteiger partial charge in [-0.2, -0.15) is 4.31 Å². The number of ether oxygens (including phenoxy) is 1. The topological polar surface area (TPSA) is 110 Å². The first-order chi connectivity index (χ1) is 17.4. The number of likely N-dealkylation sites (tertiary alicyclic amines) is 1. The predicted molar refractivity (Wildman–Crippen MR) is 140 cm³/mol. The Kier molecular flexibility index (Phi) is 8.96. The summed E-state index contributed by atoms with van der Waals surface area (Å²) in [5, 5.41) is -0.772. The smallest absolute Gasteiger partial charge is 0.405 e. The van der Waals surface area contributed by atoms with Crippen molar-refractivity contribution in [1.29, 1.82) is 0 Å². The Bertz CT molecular complexity index is 1200. The Hall–Kier alpha value is -2.98. The maximum Gasteiger partial charge on any atom is 0.405 e. The lowest BCUT2D eigenvalue weighted by atomic mass is 9.83. The second-order valence-electron chi connectivity index (χ2n) is 9.69. The predicted octanol–water partition coefficient (Wildman–Crippen LogP) is 4.13. The molecule has 0 aromatic heterocycles. The zero-order valence-corrected chi connectivity index (χ0v) is 22.5. The van der Waals surface area contributed by atoms with Crippen LogP contribution in [0.15, 0.2) is 54.7 Å². The second-order valence-corrected chi connectivity index (χ2v) is 11.8. The van der Waals surface area contributed by atoms with Crippen molar-refractivity contribution in [2.24, 2.45) is 5.73 Å². The van der Waals surface area contributed by atoms with Crippen molar-refractivity contribution in [1.82, 2.24) is 9.21 Å². The standard InChI is InChI=1S/C27H36FN3O5S/c1-5-6-7-8-19(2)25-12-9-20(3)31(37(25,34)35)18-22-10-11-23(17-24(22)28)27(36-26(29)33)13-15-30(16-14-27)21(4)32/h5-8,10-11,17,20,25H,2,9,12-16,18H2,1,3-4H3,(H2,29,33)/b6-5-,8-7-/t20-,25+/m0/s1. The Morgan fingerprint density at radius 1 is 1.24 bits per heavy atom. The molecular formula is C27H36FN3O5S. The summed E-state index contributed by atoms with van der Waals surface area (Å²) in [6.07, 6.45) is 7.73. The Morgan fingerprint density at radius 2 is 1.92 bits per heavy atom. The fourth-order valence-corrected chi connectivity index (χ4v) is 7.22. The highest BCUT2D eigenvalue weighted by Gasteiger charge is 2.42. The molecule has 0 aliphatic carbocycles. The molecule has 2 amide bonds. The molecule has 0 saturated carbocycles. The summed E-state index contributed by atoms with van der Waals surface area (Å²) in [4.78, 5) is 25.1. The molecule has 0 unspecified atom stereocenters. The van der Waals surface area contributed by atoms with Gasteiger partial charge in [-0.25, -0.2) is 17.6 Å². The van der Waals surface area contributed by atoms with E-state index in [1.54, 1.807) is 29.2 Å². The molecule has 1 aromatic carbocycles. The molecule has 1 aromatic rings. The van der Waals surface area contributed by atoms with E-state index in [-0.39, 0.29) is 36.9 Å². The monoisotopic (exact) mass is 533 g/mol. The van der Waals surface area contributed by atoms with Crippen molar-refractivity contribution < 1.29 is 27.1 Å². The number of amides is 2. The normalized spacial score (nSPS) is 23.8. The number of nitrogens with zero attached hydrogens (tertiary/aromatic N) is 2. The molecule has 0 bridgehead atoms. The average molecular weight is 534 g/mol. The molecule has 2 heterocycles. The third-order valence-electron chi connectivity index (χ3n) is 7.27. The fourth-order valence-electron chi connectivity index (χ4n) is 5.07. The Labute approximate surface area is 218 Å². The van der Waals surface area contributed by atoms with E-state index < -0.39 is 32.8 Å². The van der Waals surface area contributed by atoms with E-state index in [9.17, 15) is 18.0 Å². The highest BCUT2D eigenvalue weighted by molar-refractivity contribution is 7.90. The van der Waals surface area contributed by atoms with Gasteiger partial charge < -0.3 is 15.4 Å². The van der Waals surface area contributed by atoms with Crippen molar-refractivity contribution in [3.63, 3.8) is 0 Å². The molecule has 3 rings (SSSR count). The molecule has 2 aliphatic rings. The molecule has 10 heteroatoms. The van der Waals surface area contributed by atoms with E-state index in [4.69, 9.17) is 10.5 Å². The van der Waals surface area contributed by atoms with Crippen LogP contribution < -0.4 is 5.73 Å². The van der Waals surface area contributed by atoms with Crippen LogP contribution in [-0.2, 0) is 31.7 Å². The van der Waals surface area contributed by atoms with E-state index >= 15 is 4.39 Å². The summed E-state index contributed by atoms with van der Waals surface area (Å²) in [6, 6.07) is 4.15. The number of piperidine rings is 1. The largest absolute Gasteiger partial charge is 0.438 e. The van der Waals surface area contributed by atoms with E-state index in [1.807, 2.05) is 19.9 Å². The summed E-state index contributed by atoms with van der Waals surface area (Å²) in [5.41, 5.74) is 5.29. The highest BCUT2D eigenvalue weighted by atomic mass is 32.2. The highest BCUT2D eigenvalue weighted by Crippen LogP contribution is 2.38. The van der Waals surface area contributed by atoms with Crippen LogP contribution in [0, 0.1) is 5.82 Å². The molecule has 2 aliphatic heterocycles. The zero-order chi connectivity index (χ0) is 27.4. The summed E-state index contributed by atoms with van der Waals surface area (Å²) in [7, 11) is -3.77. The summed E-state index contributed by atoms with van der Waals surface area (Å²) >= 11 is 0. The van der Waals surface area contributed by atoms with Gasteiger partial charge in [0.2, 0.25) is 15.9 Å². The summed E-state index contributed by atoms with van der Waals surface area (Å²) in [5.74, 6) is -0.695. The number of hydrogen-bond acceptors (Lipinski definition) is 5. The van der Waals surface area contributed by atoms with Crippen LogP contribution in [0.2, 0.25) is 0 Å². The lowest BCUT2D eigenvalue weighted by Crippen LogP contribution is -2.48. The lowest BCUT2D eigenvalue weighted by Gasteiger charge is -2.41. The first-order valence-electron chi connectivity index (χ1n) is 12.4. The maximum absolute atomic E-state index is 15.4. The van der Waals surface area contributed by atoms with Gasteiger partial charge in [0, 0.05) is 51.0 Å². The minimum absolute atomic E-state index is 0.0932.